The summed E-state index contributed by atoms with van der Waals surface area (Å²) in [5.41, 5.74) is 2.25. The van der Waals surface area contributed by atoms with Gasteiger partial charge in [-0.05, 0) is 37.5 Å². The Morgan fingerprint density at radius 2 is 2.22 bits per heavy atom. The van der Waals surface area contributed by atoms with Gasteiger partial charge in [0.1, 0.15) is 10.6 Å². The molecule has 0 aliphatic carbocycles. The van der Waals surface area contributed by atoms with E-state index in [-0.39, 0.29) is 11.7 Å². The largest absolute Gasteiger partial charge is 0.305 e. The lowest BCUT2D eigenvalue weighted by Crippen LogP contribution is -2.35. The Bertz CT molecular complexity index is 893. The molecule has 0 spiro atoms. The standard InChI is InChI=1S/C17H16FN3OS/c1-10-12-9-14(23-17(12)20(2)19-10)16(22)21-8-4-6-11-5-3-7-13(18)15(11)21/h3,5,7,9H,4,6,8H2,1-2H3. The summed E-state index contributed by atoms with van der Waals surface area (Å²) in [6, 6.07) is 6.90. The van der Waals surface area contributed by atoms with Gasteiger partial charge in [0.2, 0.25) is 0 Å². The zero-order valence-corrected chi connectivity index (χ0v) is 13.8. The van der Waals surface area contributed by atoms with Crippen LogP contribution in [-0.4, -0.2) is 22.2 Å². The predicted octanol–water partition coefficient (Wildman–Crippen LogP) is 3.68. The number of hydrogen-bond acceptors (Lipinski definition) is 3. The number of para-hydroxylation sites is 1. The number of thiophene rings is 1. The van der Waals surface area contributed by atoms with Crippen LogP contribution in [0.2, 0.25) is 0 Å². The zero-order valence-electron chi connectivity index (χ0n) is 13.0. The minimum atomic E-state index is -0.325. The monoisotopic (exact) mass is 329 g/mol. The molecule has 4 nitrogen and oxygen atoms in total. The Morgan fingerprint density at radius 3 is 3.00 bits per heavy atom. The molecule has 2 aromatic heterocycles. The van der Waals surface area contributed by atoms with Crippen molar-refractivity contribution in [2.24, 2.45) is 7.05 Å². The molecular formula is C17H16FN3OS. The summed E-state index contributed by atoms with van der Waals surface area (Å²) in [5.74, 6) is -0.453. The van der Waals surface area contributed by atoms with Gasteiger partial charge in [0.15, 0.2) is 0 Å². The van der Waals surface area contributed by atoms with E-state index in [0.29, 0.717) is 17.1 Å². The van der Waals surface area contributed by atoms with Gasteiger partial charge in [-0.2, -0.15) is 5.10 Å². The van der Waals surface area contributed by atoms with Crippen LogP contribution in [0.25, 0.3) is 10.2 Å². The Balaban J connectivity index is 1.79. The molecule has 0 bridgehead atoms. The van der Waals surface area contributed by atoms with Crippen molar-refractivity contribution in [2.45, 2.75) is 19.8 Å². The third-order valence-corrected chi connectivity index (χ3v) is 5.51. The van der Waals surface area contributed by atoms with Crippen molar-refractivity contribution in [1.82, 2.24) is 9.78 Å². The van der Waals surface area contributed by atoms with Gasteiger partial charge < -0.3 is 4.90 Å². The van der Waals surface area contributed by atoms with E-state index in [0.717, 1.165) is 34.3 Å². The average molecular weight is 329 g/mol. The summed E-state index contributed by atoms with van der Waals surface area (Å²) >= 11 is 1.41. The first-order valence-electron chi connectivity index (χ1n) is 7.58. The molecule has 0 fully saturated rings. The van der Waals surface area contributed by atoms with E-state index >= 15 is 0 Å². The Morgan fingerprint density at radius 1 is 1.39 bits per heavy atom. The third-order valence-electron chi connectivity index (χ3n) is 4.32. The molecule has 1 aliphatic rings. The molecule has 3 heterocycles. The van der Waals surface area contributed by atoms with E-state index in [9.17, 15) is 9.18 Å². The van der Waals surface area contributed by atoms with Crippen molar-refractivity contribution < 1.29 is 9.18 Å². The number of fused-ring (bicyclic) bond motifs is 2. The first-order valence-corrected chi connectivity index (χ1v) is 8.40. The number of anilines is 1. The average Bonchev–Trinajstić information content (AvgIpc) is 3.09. The number of amides is 1. The van der Waals surface area contributed by atoms with Gasteiger partial charge in [0.05, 0.1) is 16.3 Å². The minimum absolute atomic E-state index is 0.128. The maximum Gasteiger partial charge on any atom is 0.268 e. The number of rotatable bonds is 1. The lowest BCUT2D eigenvalue weighted by molar-refractivity contribution is 0.0988. The molecule has 1 aromatic carbocycles. The second-order valence-electron chi connectivity index (χ2n) is 5.85. The Hall–Kier alpha value is -2.21. The fraction of sp³-hybridized carbons (Fsp3) is 0.294. The summed E-state index contributed by atoms with van der Waals surface area (Å²) < 4.78 is 16.1. The van der Waals surface area contributed by atoms with E-state index in [1.165, 1.54) is 17.4 Å². The van der Waals surface area contributed by atoms with Crippen molar-refractivity contribution in [3.8, 4) is 0 Å². The van der Waals surface area contributed by atoms with Crippen LogP contribution in [0.15, 0.2) is 24.3 Å². The molecule has 0 atom stereocenters. The molecule has 118 valence electrons. The molecule has 0 N–H and O–H groups in total. The smallest absolute Gasteiger partial charge is 0.268 e. The second-order valence-corrected chi connectivity index (χ2v) is 6.88. The molecular weight excluding hydrogens is 313 g/mol. The molecule has 0 saturated heterocycles. The van der Waals surface area contributed by atoms with Gasteiger partial charge in [-0.15, -0.1) is 11.3 Å². The lowest BCUT2D eigenvalue weighted by atomic mass is 10.0. The van der Waals surface area contributed by atoms with Crippen LogP contribution in [-0.2, 0) is 13.5 Å². The fourth-order valence-electron chi connectivity index (χ4n) is 3.25. The van der Waals surface area contributed by atoms with Crippen molar-refractivity contribution in [3.63, 3.8) is 0 Å². The van der Waals surface area contributed by atoms with E-state index < -0.39 is 0 Å². The van der Waals surface area contributed by atoms with Crippen LogP contribution in [0.4, 0.5) is 10.1 Å². The van der Waals surface area contributed by atoms with Gasteiger partial charge in [-0.25, -0.2) is 4.39 Å². The third kappa shape index (κ3) is 2.16. The molecule has 1 amide bonds. The van der Waals surface area contributed by atoms with Crippen LogP contribution >= 0.6 is 11.3 Å². The molecule has 23 heavy (non-hydrogen) atoms. The van der Waals surface area contributed by atoms with E-state index in [1.54, 1.807) is 15.6 Å². The molecule has 6 heteroatoms. The normalized spacial score (nSPS) is 14.3. The van der Waals surface area contributed by atoms with E-state index in [2.05, 4.69) is 5.10 Å². The van der Waals surface area contributed by atoms with E-state index in [4.69, 9.17) is 0 Å². The number of carbonyl (C=O) groups excluding carboxylic acids is 1. The van der Waals surface area contributed by atoms with Gasteiger partial charge in [-0.3, -0.25) is 9.48 Å². The van der Waals surface area contributed by atoms with Crippen LogP contribution in [0.5, 0.6) is 0 Å². The highest BCUT2D eigenvalue weighted by Gasteiger charge is 2.28. The summed E-state index contributed by atoms with van der Waals surface area (Å²) in [6.07, 6.45) is 1.67. The van der Waals surface area contributed by atoms with Crippen LogP contribution < -0.4 is 4.90 Å². The number of aromatic nitrogens is 2. The van der Waals surface area contributed by atoms with Crippen LogP contribution in [0.3, 0.4) is 0 Å². The number of benzene rings is 1. The maximum atomic E-state index is 14.3. The molecule has 3 aromatic rings. The van der Waals surface area contributed by atoms with Crippen molar-refractivity contribution >= 4 is 33.1 Å². The van der Waals surface area contributed by atoms with Gasteiger partial charge >= 0.3 is 0 Å². The van der Waals surface area contributed by atoms with Crippen LogP contribution in [0, 0.1) is 12.7 Å². The van der Waals surface area contributed by atoms with Gasteiger partial charge in [-0.1, -0.05) is 12.1 Å². The predicted molar refractivity (Wildman–Crippen MR) is 89.7 cm³/mol. The maximum absolute atomic E-state index is 14.3. The highest BCUT2D eigenvalue weighted by atomic mass is 32.1. The van der Waals surface area contributed by atoms with Crippen molar-refractivity contribution in [1.29, 1.82) is 0 Å². The van der Waals surface area contributed by atoms with Crippen molar-refractivity contribution in [3.05, 3.63) is 46.2 Å². The Labute approximate surface area is 137 Å². The van der Waals surface area contributed by atoms with Crippen molar-refractivity contribution in [2.75, 3.05) is 11.4 Å². The molecule has 4 rings (SSSR count). The first-order chi connectivity index (χ1) is 11.1. The molecule has 0 unspecified atom stereocenters. The summed E-state index contributed by atoms with van der Waals surface area (Å²) in [7, 11) is 1.87. The highest BCUT2D eigenvalue weighted by Crippen LogP contribution is 2.34. The SMILES string of the molecule is Cc1nn(C)c2sc(C(=O)N3CCCc4cccc(F)c43)cc12. The summed E-state index contributed by atoms with van der Waals surface area (Å²) in [4.78, 5) is 16.1. The number of hydrogen-bond donors (Lipinski definition) is 0. The number of carbonyl (C=O) groups is 1. The molecule has 0 radical (unpaired) electrons. The number of nitrogens with zero attached hydrogens (tertiary/aromatic N) is 3. The zero-order chi connectivity index (χ0) is 16.1. The second kappa shape index (κ2) is 5.16. The topological polar surface area (TPSA) is 38.1 Å². The van der Waals surface area contributed by atoms with E-state index in [1.807, 2.05) is 26.1 Å². The number of aryl methyl sites for hydroxylation is 3. The summed E-state index contributed by atoms with van der Waals surface area (Å²) in [5, 5.41) is 5.35. The minimum Gasteiger partial charge on any atom is -0.305 e. The van der Waals surface area contributed by atoms with Crippen LogP contribution in [0.1, 0.15) is 27.3 Å². The van der Waals surface area contributed by atoms with Gasteiger partial charge in [0.25, 0.3) is 5.91 Å². The Kier molecular flexibility index (Phi) is 3.23. The number of halogens is 1. The quantitative estimate of drug-likeness (QED) is 0.683. The fourth-order valence-corrected chi connectivity index (χ4v) is 4.32. The molecule has 0 saturated carbocycles. The highest BCUT2D eigenvalue weighted by molar-refractivity contribution is 7.20. The van der Waals surface area contributed by atoms with Gasteiger partial charge in [0, 0.05) is 19.0 Å². The molecule has 1 aliphatic heterocycles. The summed E-state index contributed by atoms with van der Waals surface area (Å²) in [6.45, 7) is 2.48. The lowest BCUT2D eigenvalue weighted by Gasteiger charge is -2.29. The first kappa shape index (κ1) is 14.4.